The number of fused-ring (bicyclic) bond motifs is 1. The van der Waals surface area contributed by atoms with Crippen LogP contribution in [0.3, 0.4) is 0 Å². The Morgan fingerprint density at radius 3 is 2.83 bits per heavy atom. The van der Waals surface area contributed by atoms with Gasteiger partial charge >= 0.3 is 0 Å². The molecule has 122 valence electrons. The van der Waals surface area contributed by atoms with Crippen LogP contribution in [-0.4, -0.2) is 15.7 Å². The van der Waals surface area contributed by atoms with Gasteiger partial charge in [-0.25, -0.2) is 4.68 Å². The number of amides is 1. The molecule has 1 aliphatic heterocycles. The van der Waals surface area contributed by atoms with Crippen LogP contribution < -0.4 is 5.32 Å². The fourth-order valence-corrected chi connectivity index (χ4v) is 4.64. The summed E-state index contributed by atoms with van der Waals surface area (Å²) in [5.41, 5.74) is 5.47. The van der Waals surface area contributed by atoms with Gasteiger partial charge in [0.05, 0.1) is 16.3 Å². The van der Waals surface area contributed by atoms with Crippen LogP contribution in [0.5, 0.6) is 0 Å². The summed E-state index contributed by atoms with van der Waals surface area (Å²) in [6.07, 6.45) is 0. The molecule has 0 spiro atoms. The van der Waals surface area contributed by atoms with Gasteiger partial charge in [-0.15, -0.1) is 11.3 Å². The molecule has 3 heterocycles. The van der Waals surface area contributed by atoms with Gasteiger partial charge in [0.15, 0.2) is 0 Å². The molecule has 1 amide bonds. The Morgan fingerprint density at radius 2 is 2.08 bits per heavy atom. The van der Waals surface area contributed by atoms with Gasteiger partial charge in [-0.2, -0.15) is 16.9 Å². The van der Waals surface area contributed by atoms with E-state index in [9.17, 15) is 4.79 Å². The number of hydrogen-bond acceptors (Lipinski definition) is 4. The molecule has 0 bridgehead atoms. The first kappa shape index (κ1) is 15.5. The minimum Gasteiger partial charge on any atom is -0.305 e. The molecule has 1 aromatic carbocycles. The number of nitrogens with one attached hydrogen (secondary N) is 1. The first-order chi connectivity index (χ1) is 11.6. The predicted octanol–water partition coefficient (Wildman–Crippen LogP) is 4.55. The summed E-state index contributed by atoms with van der Waals surface area (Å²) in [5, 5.41) is 9.83. The van der Waals surface area contributed by atoms with Crippen molar-refractivity contribution in [1.29, 1.82) is 0 Å². The van der Waals surface area contributed by atoms with Crippen molar-refractivity contribution in [3.63, 3.8) is 0 Å². The molecule has 4 rings (SSSR count). The second-order valence-corrected chi connectivity index (χ2v) is 7.86. The first-order valence-electron chi connectivity index (χ1n) is 7.74. The molecule has 0 saturated carbocycles. The number of benzene rings is 1. The van der Waals surface area contributed by atoms with E-state index in [1.54, 1.807) is 0 Å². The molecule has 0 unspecified atom stereocenters. The number of nitrogens with zero attached hydrogens (tertiary/aromatic N) is 2. The zero-order valence-corrected chi connectivity index (χ0v) is 15.1. The lowest BCUT2D eigenvalue weighted by atomic mass is 10.2. The summed E-state index contributed by atoms with van der Waals surface area (Å²) in [6, 6.07) is 10.1. The lowest BCUT2D eigenvalue weighted by molar-refractivity contribution is 0.102. The van der Waals surface area contributed by atoms with Crippen molar-refractivity contribution in [2.75, 3.05) is 5.32 Å². The second kappa shape index (κ2) is 6.11. The van der Waals surface area contributed by atoms with E-state index in [2.05, 4.69) is 24.4 Å². The van der Waals surface area contributed by atoms with E-state index in [0.29, 0.717) is 0 Å². The van der Waals surface area contributed by atoms with E-state index >= 15 is 0 Å². The number of rotatable bonds is 3. The Labute approximate surface area is 148 Å². The van der Waals surface area contributed by atoms with Crippen molar-refractivity contribution < 1.29 is 4.79 Å². The van der Waals surface area contributed by atoms with Gasteiger partial charge in [0, 0.05) is 17.1 Å². The number of carbonyl (C=O) groups is 1. The predicted molar refractivity (Wildman–Crippen MR) is 100 cm³/mol. The minimum absolute atomic E-state index is 0.0680. The van der Waals surface area contributed by atoms with E-state index in [4.69, 9.17) is 5.10 Å². The molecule has 24 heavy (non-hydrogen) atoms. The number of anilines is 1. The van der Waals surface area contributed by atoms with E-state index in [1.807, 2.05) is 46.9 Å². The van der Waals surface area contributed by atoms with E-state index in [0.717, 1.165) is 44.7 Å². The number of thiophene rings is 1. The largest absolute Gasteiger partial charge is 0.305 e. The standard InChI is InChI=1S/C18H17N3OS2/c1-11-4-3-5-13(6-11)21-17(14-9-23-10-15(14)20-21)19-18(22)16-7-12(2)8-24-16/h3-8H,9-10H2,1-2H3,(H,19,22). The normalized spacial score (nSPS) is 13.1. The van der Waals surface area contributed by atoms with Gasteiger partial charge in [0.1, 0.15) is 5.82 Å². The highest BCUT2D eigenvalue weighted by Crippen LogP contribution is 2.36. The summed E-state index contributed by atoms with van der Waals surface area (Å²) in [5.74, 6) is 2.52. The molecule has 0 aliphatic carbocycles. The molecule has 0 fully saturated rings. The van der Waals surface area contributed by atoms with Crippen molar-refractivity contribution >= 4 is 34.8 Å². The molecule has 1 aliphatic rings. The molecule has 2 aromatic heterocycles. The Balaban J connectivity index is 1.75. The highest BCUT2D eigenvalue weighted by Gasteiger charge is 2.25. The van der Waals surface area contributed by atoms with Crippen molar-refractivity contribution in [1.82, 2.24) is 9.78 Å². The van der Waals surface area contributed by atoms with Gasteiger partial charge in [0.2, 0.25) is 0 Å². The Bertz CT molecular complexity index is 926. The summed E-state index contributed by atoms with van der Waals surface area (Å²) in [6.45, 7) is 4.06. The van der Waals surface area contributed by atoms with Gasteiger partial charge in [-0.1, -0.05) is 12.1 Å². The Kier molecular flexibility index (Phi) is 3.94. The third-order valence-corrected chi connectivity index (χ3v) is 6.00. The van der Waals surface area contributed by atoms with Crippen molar-refractivity contribution in [3.05, 3.63) is 63.0 Å². The molecular weight excluding hydrogens is 338 g/mol. The molecule has 0 radical (unpaired) electrons. The smallest absolute Gasteiger partial charge is 0.266 e. The molecule has 0 atom stereocenters. The number of hydrogen-bond donors (Lipinski definition) is 1. The van der Waals surface area contributed by atoms with Crippen LogP contribution in [0.2, 0.25) is 0 Å². The van der Waals surface area contributed by atoms with Gasteiger partial charge < -0.3 is 5.32 Å². The quantitative estimate of drug-likeness (QED) is 0.750. The Hall–Kier alpha value is -2.05. The van der Waals surface area contributed by atoms with Crippen LogP contribution in [0, 0.1) is 13.8 Å². The number of thioether (sulfide) groups is 1. The zero-order chi connectivity index (χ0) is 16.7. The maximum absolute atomic E-state index is 12.6. The van der Waals surface area contributed by atoms with Crippen molar-refractivity contribution in [3.8, 4) is 5.69 Å². The van der Waals surface area contributed by atoms with E-state index in [1.165, 1.54) is 16.9 Å². The number of aryl methyl sites for hydroxylation is 2. The highest BCUT2D eigenvalue weighted by atomic mass is 32.2. The molecule has 6 heteroatoms. The summed E-state index contributed by atoms with van der Waals surface area (Å²) >= 11 is 3.30. The molecule has 1 N–H and O–H groups in total. The zero-order valence-electron chi connectivity index (χ0n) is 13.5. The van der Waals surface area contributed by atoms with Crippen LogP contribution in [0.15, 0.2) is 35.7 Å². The molecular formula is C18H17N3OS2. The summed E-state index contributed by atoms with van der Waals surface area (Å²) < 4.78 is 1.87. The van der Waals surface area contributed by atoms with Crippen LogP contribution in [-0.2, 0) is 11.5 Å². The Morgan fingerprint density at radius 1 is 1.21 bits per heavy atom. The lowest BCUT2D eigenvalue weighted by Crippen LogP contribution is -2.15. The first-order valence-corrected chi connectivity index (χ1v) is 9.77. The molecule has 3 aromatic rings. The van der Waals surface area contributed by atoms with E-state index < -0.39 is 0 Å². The molecule has 4 nitrogen and oxygen atoms in total. The highest BCUT2D eigenvalue weighted by molar-refractivity contribution is 7.98. The van der Waals surface area contributed by atoms with Crippen LogP contribution in [0.4, 0.5) is 5.82 Å². The molecule has 0 saturated heterocycles. The van der Waals surface area contributed by atoms with Crippen LogP contribution >= 0.6 is 23.1 Å². The monoisotopic (exact) mass is 355 g/mol. The van der Waals surface area contributed by atoms with Crippen LogP contribution in [0.25, 0.3) is 5.69 Å². The maximum Gasteiger partial charge on any atom is 0.266 e. The summed E-state index contributed by atoms with van der Waals surface area (Å²) in [7, 11) is 0. The average molecular weight is 355 g/mol. The van der Waals surface area contributed by atoms with E-state index in [-0.39, 0.29) is 5.91 Å². The third kappa shape index (κ3) is 2.76. The fourth-order valence-electron chi connectivity index (χ4n) is 2.81. The van der Waals surface area contributed by atoms with Gasteiger partial charge in [-0.05, 0) is 48.6 Å². The second-order valence-electron chi connectivity index (χ2n) is 5.96. The van der Waals surface area contributed by atoms with Gasteiger partial charge in [-0.3, -0.25) is 4.79 Å². The topological polar surface area (TPSA) is 46.9 Å². The fraction of sp³-hybridized carbons (Fsp3) is 0.222. The van der Waals surface area contributed by atoms with Crippen LogP contribution in [0.1, 0.15) is 32.1 Å². The SMILES string of the molecule is Cc1cccc(-n2nc3c(c2NC(=O)c2cc(C)cs2)CSC3)c1. The lowest BCUT2D eigenvalue weighted by Gasteiger charge is -2.11. The average Bonchev–Trinajstić information content (AvgIpc) is 3.24. The maximum atomic E-state index is 12.6. The number of carbonyl (C=O) groups excluding carboxylic acids is 1. The van der Waals surface area contributed by atoms with Crippen molar-refractivity contribution in [2.45, 2.75) is 25.4 Å². The third-order valence-electron chi connectivity index (χ3n) is 3.98. The van der Waals surface area contributed by atoms with Crippen molar-refractivity contribution in [2.24, 2.45) is 0 Å². The van der Waals surface area contributed by atoms with Gasteiger partial charge in [0.25, 0.3) is 5.91 Å². The minimum atomic E-state index is -0.0680. The summed E-state index contributed by atoms with van der Waals surface area (Å²) in [4.78, 5) is 13.4. The number of aromatic nitrogens is 2.